The van der Waals surface area contributed by atoms with Crippen molar-refractivity contribution in [1.82, 2.24) is 4.72 Å². The number of sulfonamides is 1. The number of thiophene rings is 1. The summed E-state index contributed by atoms with van der Waals surface area (Å²) in [5.41, 5.74) is 17.4. The molecule has 0 bridgehead atoms. The van der Waals surface area contributed by atoms with Crippen molar-refractivity contribution in [3.05, 3.63) is 51.2 Å². The summed E-state index contributed by atoms with van der Waals surface area (Å²) in [5, 5.41) is 6.90. The minimum atomic E-state index is -3.90. The van der Waals surface area contributed by atoms with Crippen LogP contribution >= 0.6 is 19.4 Å². The van der Waals surface area contributed by atoms with Crippen LogP contribution in [0.2, 0.25) is 0 Å². The molecular formula is C17H22N7O6PS2. The smallest absolute Gasteiger partial charge is 0.250 e. The third kappa shape index (κ3) is 8.95. The molecule has 0 spiro atoms. The van der Waals surface area contributed by atoms with Crippen LogP contribution in [0.1, 0.15) is 12.8 Å². The first-order valence-corrected chi connectivity index (χ1v) is 13.5. The molecule has 0 radical (unpaired) electrons. The summed E-state index contributed by atoms with van der Waals surface area (Å²) in [5.74, 6) is 0.884. The predicted octanol–water partition coefficient (Wildman–Crippen LogP) is 4.28. The van der Waals surface area contributed by atoms with Crippen LogP contribution in [0.25, 0.3) is 31.3 Å². The summed E-state index contributed by atoms with van der Waals surface area (Å²) in [7, 11) is -6.87. The lowest BCUT2D eigenvalue weighted by Crippen LogP contribution is -2.22. The second-order valence-corrected chi connectivity index (χ2v) is 10.5. The molecule has 1 aromatic heterocycles. The van der Waals surface area contributed by atoms with Gasteiger partial charge in [-0.3, -0.25) is 4.57 Å². The van der Waals surface area contributed by atoms with Crippen LogP contribution in [0.15, 0.2) is 44.8 Å². The van der Waals surface area contributed by atoms with Gasteiger partial charge in [0.05, 0.1) is 19.5 Å². The van der Waals surface area contributed by atoms with E-state index in [4.69, 9.17) is 25.4 Å². The molecule has 2 aromatic rings. The number of benzene rings is 1. The van der Waals surface area contributed by atoms with Crippen LogP contribution in [0.4, 0.5) is 0 Å². The summed E-state index contributed by atoms with van der Waals surface area (Å²) >= 11 is 1.00. The molecule has 16 heteroatoms. The predicted molar refractivity (Wildman–Crippen MR) is 124 cm³/mol. The SMILES string of the molecule is [N-]=[N+]=NCCCOc1ccc(-c2ccc(S(=O)(=O)NC[PH](=O)O)s2)cc1OCCCN=[N+]=[N-]. The van der Waals surface area contributed by atoms with Crippen LogP contribution in [0.5, 0.6) is 11.5 Å². The van der Waals surface area contributed by atoms with E-state index in [1.165, 1.54) is 6.07 Å². The highest BCUT2D eigenvalue weighted by atomic mass is 32.2. The molecule has 1 heterocycles. The molecule has 0 aliphatic carbocycles. The summed E-state index contributed by atoms with van der Waals surface area (Å²) in [6.45, 7) is 1.14. The fourth-order valence-electron chi connectivity index (χ4n) is 2.47. The second-order valence-electron chi connectivity index (χ2n) is 6.31. The van der Waals surface area contributed by atoms with E-state index in [0.717, 1.165) is 11.3 Å². The molecule has 2 rings (SSSR count). The molecule has 1 unspecified atom stereocenters. The van der Waals surface area contributed by atoms with Gasteiger partial charge in [0.15, 0.2) is 11.5 Å². The van der Waals surface area contributed by atoms with E-state index in [0.29, 0.717) is 47.9 Å². The Kier molecular flexibility index (Phi) is 11.0. The van der Waals surface area contributed by atoms with Crippen molar-refractivity contribution >= 4 is 29.4 Å². The third-order valence-corrected chi connectivity index (χ3v) is 7.70. The maximum absolute atomic E-state index is 12.3. The van der Waals surface area contributed by atoms with Crippen LogP contribution in [0, 0.1) is 0 Å². The third-order valence-electron chi connectivity index (χ3n) is 3.93. The van der Waals surface area contributed by atoms with Crippen molar-refractivity contribution in [2.45, 2.75) is 17.1 Å². The average Bonchev–Trinajstić information content (AvgIpc) is 3.29. The largest absolute Gasteiger partial charge is 0.490 e. The number of azide groups is 2. The Balaban J connectivity index is 2.20. The van der Waals surface area contributed by atoms with Crippen molar-refractivity contribution < 1.29 is 27.3 Å². The van der Waals surface area contributed by atoms with Crippen molar-refractivity contribution in [3.63, 3.8) is 0 Å². The Morgan fingerprint density at radius 1 is 1.03 bits per heavy atom. The van der Waals surface area contributed by atoms with E-state index in [-0.39, 0.29) is 17.4 Å². The van der Waals surface area contributed by atoms with Gasteiger partial charge in [-0.05, 0) is 59.8 Å². The Hall–Kier alpha value is -2.76. The van der Waals surface area contributed by atoms with Gasteiger partial charge in [0.1, 0.15) is 4.21 Å². The lowest BCUT2D eigenvalue weighted by molar-refractivity contribution is 0.265. The van der Waals surface area contributed by atoms with Gasteiger partial charge in [-0.15, -0.1) is 11.3 Å². The normalized spacial score (nSPS) is 11.8. The quantitative estimate of drug-likeness (QED) is 0.116. The Bertz CT molecular complexity index is 1160. The molecule has 1 atom stereocenters. The van der Waals surface area contributed by atoms with E-state index in [1.54, 1.807) is 24.3 Å². The highest BCUT2D eigenvalue weighted by Crippen LogP contribution is 2.37. The van der Waals surface area contributed by atoms with E-state index >= 15 is 0 Å². The van der Waals surface area contributed by atoms with E-state index in [1.807, 2.05) is 0 Å². The van der Waals surface area contributed by atoms with Crippen LogP contribution in [-0.4, -0.2) is 45.9 Å². The van der Waals surface area contributed by atoms with Gasteiger partial charge in [-0.1, -0.05) is 10.2 Å². The minimum Gasteiger partial charge on any atom is -0.490 e. The molecular weight excluding hydrogens is 493 g/mol. The standard InChI is InChI=1S/C17H22N7O6PS2/c18-23-20-7-1-9-29-14-4-3-13(11-15(14)30-10-2-8-21-24-19)16-5-6-17(32-16)33(27,28)22-12-31(25)26/h3-6,11,22,31H,1-2,7-10,12H2,(H,25,26). The fourth-order valence-corrected chi connectivity index (χ4v) is 5.73. The molecule has 1 aromatic carbocycles. The number of nitrogens with zero attached hydrogens (tertiary/aromatic N) is 6. The Morgan fingerprint density at radius 2 is 1.67 bits per heavy atom. The first kappa shape index (κ1) is 26.5. The first-order valence-electron chi connectivity index (χ1n) is 9.60. The van der Waals surface area contributed by atoms with Crippen molar-refractivity contribution in [3.8, 4) is 21.9 Å². The lowest BCUT2D eigenvalue weighted by atomic mass is 10.1. The molecule has 33 heavy (non-hydrogen) atoms. The first-order chi connectivity index (χ1) is 15.9. The fraction of sp³-hybridized carbons (Fsp3) is 0.412. The van der Waals surface area contributed by atoms with Crippen molar-refractivity contribution in [2.24, 2.45) is 10.2 Å². The molecule has 0 saturated carbocycles. The zero-order valence-electron chi connectivity index (χ0n) is 17.3. The average molecular weight is 516 g/mol. The van der Waals surface area contributed by atoms with Gasteiger partial charge in [0.2, 0.25) is 8.03 Å². The van der Waals surface area contributed by atoms with Gasteiger partial charge < -0.3 is 14.4 Å². The Morgan fingerprint density at radius 3 is 2.27 bits per heavy atom. The molecule has 0 aliphatic heterocycles. The van der Waals surface area contributed by atoms with Crippen molar-refractivity contribution in [2.75, 3.05) is 32.6 Å². The zero-order chi connectivity index (χ0) is 24.1. The number of ether oxygens (including phenoxy) is 2. The van der Waals surface area contributed by atoms with Crippen LogP contribution in [0.3, 0.4) is 0 Å². The molecule has 0 amide bonds. The molecule has 0 saturated heterocycles. The van der Waals surface area contributed by atoms with E-state index in [9.17, 15) is 13.0 Å². The summed E-state index contributed by atoms with van der Waals surface area (Å²) in [4.78, 5) is 14.9. The number of rotatable bonds is 15. The van der Waals surface area contributed by atoms with Gasteiger partial charge in [0, 0.05) is 27.8 Å². The van der Waals surface area contributed by atoms with Gasteiger partial charge in [-0.2, -0.15) is 0 Å². The number of hydrogen-bond acceptors (Lipinski definition) is 8. The summed E-state index contributed by atoms with van der Waals surface area (Å²) < 4.78 is 49.0. The summed E-state index contributed by atoms with van der Waals surface area (Å²) in [6.07, 6.45) is 0.479. The van der Waals surface area contributed by atoms with Gasteiger partial charge in [0.25, 0.3) is 10.0 Å². The molecule has 0 aliphatic rings. The maximum Gasteiger partial charge on any atom is 0.250 e. The molecule has 2 N–H and O–H groups in total. The van der Waals surface area contributed by atoms with Crippen LogP contribution in [-0.2, 0) is 14.6 Å². The molecule has 0 fully saturated rings. The van der Waals surface area contributed by atoms with Gasteiger partial charge in [-0.25, -0.2) is 13.1 Å². The van der Waals surface area contributed by atoms with Crippen LogP contribution < -0.4 is 14.2 Å². The lowest BCUT2D eigenvalue weighted by Gasteiger charge is -2.13. The second kappa shape index (κ2) is 13.7. The molecule has 13 nitrogen and oxygen atoms in total. The number of nitrogens with one attached hydrogen (secondary N) is 1. The monoisotopic (exact) mass is 515 g/mol. The summed E-state index contributed by atoms with van der Waals surface area (Å²) in [6, 6.07) is 8.19. The zero-order valence-corrected chi connectivity index (χ0v) is 20.0. The van der Waals surface area contributed by atoms with E-state index < -0.39 is 24.3 Å². The highest BCUT2D eigenvalue weighted by molar-refractivity contribution is 7.91. The minimum absolute atomic E-state index is 0.0101. The molecule has 178 valence electrons. The maximum atomic E-state index is 12.3. The Labute approximate surface area is 194 Å². The van der Waals surface area contributed by atoms with Gasteiger partial charge >= 0.3 is 0 Å². The number of hydrogen-bond donors (Lipinski definition) is 2. The topological polar surface area (TPSA) is 199 Å². The highest BCUT2D eigenvalue weighted by Gasteiger charge is 2.18. The van der Waals surface area contributed by atoms with Crippen molar-refractivity contribution in [1.29, 1.82) is 0 Å². The van der Waals surface area contributed by atoms with E-state index in [2.05, 4.69) is 24.8 Å².